The fourth-order valence-corrected chi connectivity index (χ4v) is 7.49. The van der Waals surface area contributed by atoms with E-state index in [4.69, 9.17) is 26.1 Å². The lowest BCUT2D eigenvalue weighted by atomic mass is 9.96. The van der Waals surface area contributed by atoms with Gasteiger partial charge in [-0.15, -0.1) is 0 Å². The number of piperidine rings is 1. The molecule has 0 aliphatic carbocycles. The van der Waals surface area contributed by atoms with Crippen LogP contribution in [0, 0.1) is 5.92 Å². The first-order valence-corrected chi connectivity index (χ1v) is 15.7. The fourth-order valence-electron chi connectivity index (χ4n) is 4.79. The van der Waals surface area contributed by atoms with E-state index < -0.39 is 10.0 Å². The molecule has 2 aromatic carbocycles. The van der Waals surface area contributed by atoms with Crippen molar-refractivity contribution in [3.05, 3.63) is 41.4 Å². The monoisotopic (exact) mass is 594 g/mol. The Labute approximate surface area is 239 Å². The smallest absolute Gasteiger partial charge is 0.243 e. The van der Waals surface area contributed by atoms with E-state index >= 15 is 0 Å². The minimum atomic E-state index is -3.66. The highest BCUT2D eigenvalue weighted by molar-refractivity contribution is 7.89. The first-order chi connectivity index (χ1) is 18.7. The van der Waals surface area contributed by atoms with Crippen molar-refractivity contribution in [3.63, 3.8) is 0 Å². The van der Waals surface area contributed by atoms with Gasteiger partial charge in [-0.05, 0) is 62.3 Å². The predicted octanol–water partition coefficient (Wildman–Crippen LogP) is 4.74. The number of carbonyl (C=O) groups excluding carboxylic acids is 1. The second kappa shape index (κ2) is 12.8. The van der Waals surface area contributed by atoms with Gasteiger partial charge in [-0.2, -0.15) is 4.31 Å². The molecule has 212 valence electrons. The topological polar surface area (TPSA) is 92.3 Å². The molecule has 1 aromatic heterocycles. The van der Waals surface area contributed by atoms with Crippen LogP contribution in [0.4, 0.5) is 5.13 Å². The standard InChI is InChI=1S/C27H35ClN4O5S2/c1-5-30(6-2)17-18-32(27-29-24-22(36-3)11-12-23(37-4)25(24)38-27)26(33)19-13-15-31(16-14-19)39(34,35)21-9-7-20(28)8-10-21/h7-12,19H,5-6,13-18H2,1-4H3. The van der Waals surface area contributed by atoms with Gasteiger partial charge in [-0.3, -0.25) is 9.69 Å². The molecule has 1 amide bonds. The molecule has 1 saturated heterocycles. The number of fused-ring (bicyclic) bond motifs is 1. The van der Waals surface area contributed by atoms with Crippen molar-refractivity contribution in [1.29, 1.82) is 0 Å². The molecule has 1 aliphatic rings. The van der Waals surface area contributed by atoms with Gasteiger partial charge in [0.2, 0.25) is 15.9 Å². The number of sulfonamides is 1. The zero-order valence-corrected chi connectivity index (χ0v) is 25.1. The van der Waals surface area contributed by atoms with Crippen LogP contribution < -0.4 is 14.4 Å². The molecule has 0 unspecified atom stereocenters. The summed E-state index contributed by atoms with van der Waals surface area (Å²) in [6.45, 7) is 7.67. The summed E-state index contributed by atoms with van der Waals surface area (Å²) in [5.41, 5.74) is 0.654. The van der Waals surface area contributed by atoms with Gasteiger partial charge in [0.15, 0.2) is 5.13 Å². The lowest BCUT2D eigenvalue weighted by Gasteiger charge is -2.33. The van der Waals surface area contributed by atoms with Crippen LogP contribution in [0.5, 0.6) is 11.5 Å². The highest BCUT2D eigenvalue weighted by Gasteiger charge is 2.35. The van der Waals surface area contributed by atoms with Crippen LogP contribution >= 0.6 is 22.9 Å². The number of thiazole rings is 1. The van der Waals surface area contributed by atoms with E-state index in [0.717, 1.165) is 17.8 Å². The van der Waals surface area contributed by atoms with E-state index in [0.29, 0.717) is 53.1 Å². The van der Waals surface area contributed by atoms with Gasteiger partial charge in [0.1, 0.15) is 21.7 Å². The van der Waals surface area contributed by atoms with Crippen LogP contribution in [-0.4, -0.2) is 82.0 Å². The Kier molecular flexibility index (Phi) is 9.71. The summed E-state index contributed by atoms with van der Waals surface area (Å²) in [6.07, 6.45) is 0.871. The maximum atomic E-state index is 14.0. The minimum absolute atomic E-state index is 0.0392. The summed E-state index contributed by atoms with van der Waals surface area (Å²) in [4.78, 5) is 23.0. The summed E-state index contributed by atoms with van der Waals surface area (Å²) in [5.74, 6) is 0.938. The van der Waals surface area contributed by atoms with Gasteiger partial charge in [-0.1, -0.05) is 36.8 Å². The molecular formula is C27H35ClN4O5S2. The van der Waals surface area contributed by atoms with Crippen LogP contribution in [0.25, 0.3) is 10.2 Å². The third-order valence-corrected chi connectivity index (χ3v) is 10.4. The van der Waals surface area contributed by atoms with Crippen LogP contribution in [-0.2, 0) is 14.8 Å². The van der Waals surface area contributed by atoms with Crippen LogP contribution in [0.3, 0.4) is 0 Å². The molecule has 2 heterocycles. The lowest BCUT2D eigenvalue weighted by molar-refractivity contribution is -0.123. The van der Waals surface area contributed by atoms with Crippen LogP contribution in [0.1, 0.15) is 26.7 Å². The largest absolute Gasteiger partial charge is 0.495 e. The molecule has 0 saturated carbocycles. The molecule has 1 fully saturated rings. The van der Waals surface area contributed by atoms with Gasteiger partial charge >= 0.3 is 0 Å². The van der Waals surface area contributed by atoms with Crippen LogP contribution in [0.2, 0.25) is 5.02 Å². The first kappa shape index (κ1) is 29.5. The number of amides is 1. The molecule has 0 radical (unpaired) electrons. The van der Waals surface area contributed by atoms with Gasteiger partial charge in [0.25, 0.3) is 0 Å². The Morgan fingerprint density at radius 1 is 1.03 bits per heavy atom. The van der Waals surface area contributed by atoms with Crippen molar-refractivity contribution < 1.29 is 22.7 Å². The van der Waals surface area contributed by atoms with E-state index in [2.05, 4.69) is 18.7 Å². The number of halogens is 1. The summed E-state index contributed by atoms with van der Waals surface area (Å²) >= 11 is 7.34. The normalized spacial score (nSPS) is 15.1. The summed E-state index contributed by atoms with van der Waals surface area (Å²) < 4.78 is 39.6. The average Bonchev–Trinajstić information content (AvgIpc) is 3.40. The highest BCUT2D eigenvalue weighted by atomic mass is 35.5. The van der Waals surface area contributed by atoms with Gasteiger partial charge in [0, 0.05) is 37.1 Å². The predicted molar refractivity (Wildman–Crippen MR) is 156 cm³/mol. The first-order valence-electron chi connectivity index (χ1n) is 13.0. The summed E-state index contributed by atoms with van der Waals surface area (Å²) in [7, 11) is -0.457. The van der Waals surface area contributed by atoms with E-state index in [1.807, 2.05) is 12.1 Å². The number of benzene rings is 2. The molecule has 3 aromatic rings. The lowest BCUT2D eigenvalue weighted by Crippen LogP contribution is -2.46. The molecule has 0 atom stereocenters. The SMILES string of the molecule is CCN(CC)CCN(C(=O)C1CCN(S(=O)(=O)c2ccc(Cl)cc2)CC1)c1nc2c(OC)ccc(OC)c2s1. The van der Waals surface area contributed by atoms with Crippen molar-refractivity contribution in [2.45, 2.75) is 31.6 Å². The zero-order chi connectivity index (χ0) is 28.2. The number of hydrogen-bond donors (Lipinski definition) is 0. The Bertz CT molecular complexity index is 1340. The molecule has 9 nitrogen and oxygen atoms in total. The summed E-state index contributed by atoms with van der Waals surface area (Å²) in [6, 6.07) is 9.81. The Balaban J connectivity index is 1.58. The molecule has 4 rings (SSSR count). The number of carbonyl (C=O) groups is 1. The van der Waals surface area contributed by atoms with Crippen molar-refractivity contribution >= 4 is 54.2 Å². The minimum Gasteiger partial charge on any atom is -0.495 e. The molecule has 39 heavy (non-hydrogen) atoms. The third-order valence-electron chi connectivity index (χ3n) is 7.18. The number of likely N-dealkylation sites (N-methyl/N-ethyl adjacent to an activating group) is 1. The average molecular weight is 595 g/mol. The number of ether oxygens (including phenoxy) is 2. The third kappa shape index (κ3) is 6.33. The van der Waals surface area contributed by atoms with Crippen molar-refractivity contribution in [3.8, 4) is 11.5 Å². The van der Waals surface area contributed by atoms with Gasteiger partial charge < -0.3 is 14.4 Å². The molecular weight excluding hydrogens is 560 g/mol. The number of rotatable bonds is 11. The van der Waals surface area contributed by atoms with Gasteiger partial charge in [-0.25, -0.2) is 13.4 Å². The zero-order valence-electron chi connectivity index (χ0n) is 22.7. The van der Waals surface area contributed by atoms with E-state index in [-0.39, 0.29) is 29.8 Å². The molecule has 12 heteroatoms. The Hall–Kier alpha value is -2.44. The summed E-state index contributed by atoms with van der Waals surface area (Å²) in [5, 5.41) is 1.06. The molecule has 0 bridgehead atoms. The second-order valence-electron chi connectivity index (χ2n) is 9.29. The van der Waals surface area contributed by atoms with Crippen molar-refractivity contribution in [1.82, 2.24) is 14.2 Å². The number of anilines is 1. The van der Waals surface area contributed by atoms with Crippen LogP contribution in [0.15, 0.2) is 41.3 Å². The molecule has 1 aliphatic heterocycles. The van der Waals surface area contributed by atoms with Gasteiger partial charge in [0.05, 0.1) is 19.1 Å². The molecule has 0 N–H and O–H groups in total. The maximum absolute atomic E-state index is 14.0. The second-order valence-corrected chi connectivity index (χ2v) is 12.6. The molecule has 0 spiro atoms. The Morgan fingerprint density at radius 2 is 1.64 bits per heavy atom. The fraction of sp³-hybridized carbons (Fsp3) is 0.481. The van der Waals surface area contributed by atoms with Crippen molar-refractivity contribution in [2.75, 3.05) is 58.4 Å². The van der Waals surface area contributed by atoms with E-state index in [1.54, 1.807) is 31.3 Å². The highest BCUT2D eigenvalue weighted by Crippen LogP contribution is 2.40. The number of aromatic nitrogens is 1. The van der Waals surface area contributed by atoms with Crippen molar-refractivity contribution in [2.24, 2.45) is 5.92 Å². The quantitative estimate of drug-likeness (QED) is 0.316. The van der Waals surface area contributed by atoms with E-state index in [1.165, 1.54) is 27.8 Å². The Morgan fingerprint density at radius 3 is 2.23 bits per heavy atom. The number of methoxy groups -OCH3 is 2. The number of nitrogens with zero attached hydrogens (tertiary/aromatic N) is 4. The maximum Gasteiger partial charge on any atom is 0.243 e. The van der Waals surface area contributed by atoms with E-state index in [9.17, 15) is 13.2 Å². The number of hydrogen-bond acceptors (Lipinski definition) is 8.